The molecule has 0 aromatic heterocycles. The van der Waals surface area contributed by atoms with Gasteiger partial charge in [0.15, 0.2) is 0 Å². The molecule has 130 valence electrons. The zero-order chi connectivity index (χ0) is 18.1. The third kappa shape index (κ3) is 3.54. The van der Waals surface area contributed by atoms with E-state index in [4.69, 9.17) is 0 Å². The van der Waals surface area contributed by atoms with E-state index in [0.29, 0.717) is 5.56 Å². The number of sulfonamides is 1. The molecular formula is C14H18N4O5S. The molecule has 1 saturated heterocycles. The van der Waals surface area contributed by atoms with Gasteiger partial charge >= 0.3 is 6.03 Å². The van der Waals surface area contributed by atoms with E-state index in [1.54, 1.807) is 19.1 Å². The van der Waals surface area contributed by atoms with Crippen molar-refractivity contribution in [1.29, 1.82) is 0 Å². The molecule has 0 atom stereocenters. The molecular weight excluding hydrogens is 336 g/mol. The lowest BCUT2D eigenvalue weighted by molar-refractivity contribution is -0.129. The molecule has 1 aromatic carbocycles. The summed E-state index contributed by atoms with van der Waals surface area (Å²) in [6.45, 7) is 1.14. The second kappa shape index (κ2) is 6.57. The molecule has 1 aliphatic heterocycles. The Morgan fingerprint density at radius 1 is 1.29 bits per heavy atom. The number of hydrogen-bond donors (Lipinski definition) is 2. The van der Waals surface area contributed by atoms with E-state index in [9.17, 15) is 22.8 Å². The maximum Gasteiger partial charge on any atom is 0.327 e. The molecule has 0 spiro atoms. The van der Waals surface area contributed by atoms with Crippen LogP contribution in [0.3, 0.4) is 0 Å². The quantitative estimate of drug-likeness (QED) is 0.707. The highest BCUT2D eigenvalue weighted by molar-refractivity contribution is 7.89. The van der Waals surface area contributed by atoms with Crippen LogP contribution in [0.25, 0.3) is 0 Å². The van der Waals surface area contributed by atoms with Gasteiger partial charge in [-0.2, -0.15) is 0 Å². The van der Waals surface area contributed by atoms with Crippen LogP contribution in [0.15, 0.2) is 23.1 Å². The van der Waals surface area contributed by atoms with E-state index in [1.165, 1.54) is 25.1 Å². The van der Waals surface area contributed by atoms with Gasteiger partial charge in [-0.3, -0.25) is 14.5 Å². The summed E-state index contributed by atoms with van der Waals surface area (Å²) in [5, 5.41) is 2.49. The van der Waals surface area contributed by atoms with E-state index in [-0.39, 0.29) is 17.1 Å². The van der Waals surface area contributed by atoms with Gasteiger partial charge in [-0.1, -0.05) is 6.07 Å². The Hall–Kier alpha value is -2.46. The first-order chi connectivity index (χ1) is 11.2. The topological polar surface area (TPSA) is 116 Å². The summed E-state index contributed by atoms with van der Waals surface area (Å²) < 4.78 is 26.1. The summed E-state index contributed by atoms with van der Waals surface area (Å²) in [5.41, 5.74) is 0.778. The standard InChI is InChI=1S/C14H18N4O5S/c1-9-4-5-10(6-11(9)24(22,23)15-2)16-12(19)7-18-13(20)8-17(3)14(18)21/h4-6,15H,7-8H2,1-3H3,(H,16,19). The van der Waals surface area contributed by atoms with Crippen LogP contribution in [-0.2, 0) is 19.6 Å². The Morgan fingerprint density at radius 3 is 2.50 bits per heavy atom. The fraction of sp³-hybridized carbons (Fsp3) is 0.357. The summed E-state index contributed by atoms with van der Waals surface area (Å²) in [5.74, 6) is -1.05. The van der Waals surface area contributed by atoms with E-state index < -0.39 is 34.4 Å². The Labute approximate surface area is 139 Å². The van der Waals surface area contributed by atoms with Gasteiger partial charge in [0, 0.05) is 12.7 Å². The van der Waals surface area contributed by atoms with Gasteiger partial charge in [-0.15, -0.1) is 0 Å². The molecule has 0 saturated carbocycles. The third-order valence-corrected chi connectivity index (χ3v) is 5.12. The summed E-state index contributed by atoms with van der Waals surface area (Å²) >= 11 is 0. The van der Waals surface area contributed by atoms with Crippen molar-refractivity contribution in [2.45, 2.75) is 11.8 Å². The maximum absolute atomic E-state index is 12.0. The number of imide groups is 1. The first kappa shape index (κ1) is 17.9. The number of aryl methyl sites for hydroxylation is 1. The second-order valence-corrected chi connectivity index (χ2v) is 7.21. The maximum atomic E-state index is 12.0. The van der Waals surface area contributed by atoms with Crippen LogP contribution in [0.2, 0.25) is 0 Å². The van der Waals surface area contributed by atoms with E-state index >= 15 is 0 Å². The molecule has 0 unspecified atom stereocenters. The molecule has 1 fully saturated rings. The minimum absolute atomic E-state index is 0.0378. The number of likely N-dealkylation sites (N-methyl/N-ethyl adjacent to an activating group) is 1. The first-order valence-electron chi connectivity index (χ1n) is 7.05. The smallest absolute Gasteiger partial charge is 0.324 e. The van der Waals surface area contributed by atoms with Gasteiger partial charge in [0.2, 0.25) is 15.9 Å². The van der Waals surface area contributed by atoms with Crippen LogP contribution in [0.1, 0.15) is 5.56 Å². The average Bonchev–Trinajstić information content (AvgIpc) is 2.75. The van der Waals surface area contributed by atoms with Crippen molar-refractivity contribution < 1.29 is 22.8 Å². The van der Waals surface area contributed by atoms with Crippen LogP contribution < -0.4 is 10.0 Å². The zero-order valence-electron chi connectivity index (χ0n) is 13.5. The summed E-state index contributed by atoms with van der Waals surface area (Å²) in [7, 11) is -0.903. The summed E-state index contributed by atoms with van der Waals surface area (Å²) in [6, 6.07) is 3.87. The van der Waals surface area contributed by atoms with Crippen molar-refractivity contribution in [3.8, 4) is 0 Å². The lowest BCUT2D eigenvalue weighted by atomic mass is 10.2. The molecule has 2 rings (SSSR count). The van der Waals surface area contributed by atoms with E-state index in [1.807, 2.05) is 0 Å². The molecule has 24 heavy (non-hydrogen) atoms. The molecule has 0 radical (unpaired) electrons. The number of nitrogens with one attached hydrogen (secondary N) is 2. The SMILES string of the molecule is CNS(=O)(=O)c1cc(NC(=O)CN2C(=O)CN(C)C2=O)ccc1C. The van der Waals surface area contributed by atoms with Crippen molar-refractivity contribution in [1.82, 2.24) is 14.5 Å². The number of anilines is 1. The predicted molar refractivity (Wildman–Crippen MR) is 85.8 cm³/mol. The van der Waals surface area contributed by atoms with Gasteiger partial charge in [-0.25, -0.2) is 17.9 Å². The largest absolute Gasteiger partial charge is 0.327 e. The fourth-order valence-corrected chi connectivity index (χ4v) is 3.24. The molecule has 2 N–H and O–H groups in total. The normalized spacial score (nSPS) is 15.1. The van der Waals surface area contributed by atoms with Gasteiger partial charge < -0.3 is 10.2 Å². The lowest BCUT2D eigenvalue weighted by Gasteiger charge is -2.14. The molecule has 1 aromatic rings. The number of urea groups is 1. The van der Waals surface area contributed by atoms with E-state index in [2.05, 4.69) is 10.0 Å². The van der Waals surface area contributed by atoms with Crippen LogP contribution in [-0.4, -0.2) is 63.2 Å². The number of hydrogen-bond acceptors (Lipinski definition) is 5. The van der Waals surface area contributed by atoms with Gasteiger partial charge in [-0.05, 0) is 31.7 Å². The van der Waals surface area contributed by atoms with Gasteiger partial charge in [0.05, 0.1) is 4.90 Å². The van der Waals surface area contributed by atoms with E-state index in [0.717, 1.165) is 4.90 Å². The Morgan fingerprint density at radius 2 is 1.96 bits per heavy atom. The van der Waals surface area contributed by atoms with Crippen molar-refractivity contribution in [3.63, 3.8) is 0 Å². The van der Waals surface area contributed by atoms with Gasteiger partial charge in [0.1, 0.15) is 13.1 Å². The monoisotopic (exact) mass is 354 g/mol. The van der Waals surface area contributed by atoms with Crippen LogP contribution in [0.5, 0.6) is 0 Å². The van der Waals surface area contributed by atoms with Gasteiger partial charge in [0.25, 0.3) is 5.91 Å². The van der Waals surface area contributed by atoms with Crippen molar-refractivity contribution in [3.05, 3.63) is 23.8 Å². The Balaban J connectivity index is 2.14. The molecule has 4 amide bonds. The highest BCUT2D eigenvalue weighted by Crippen LogP contribution is 2.20. The number of nitrogens with zero attached hydrogens (tertiary/aromatic N) is 2. The summed E-state index contributed by atoms with van der Waals surface area (Å²) in [6.07, 6.45) is 0. The first-order valence-corrected chi connectivity index (χ1v) is 8.53. The number of carbonyl (C=O) groups excluding carboxylic acids is 3. The predicted octanol–water partition coefficient (Wildman–Crippen LogP) is -0.264. The molecule has 0 aliphatic carbocycles. The minimum Gasteiger partial charge on any atom is -0.324 e. The van der Waals surface area contributed by atoms with Crippen LogP contribution in [0.4, 0.5) is 10.5 Å². The number of benzene rings is 1. The highest BCUT2D eigenvalue weighted by Gasteiger charge is 2.34. The lowest BCUT2D eigenvalue weighted by Crippen LogP contribution is -2.38. The van der Waals surface area contributed by atoms with Crippen molar-refractivity contribution in [2.24, 2.45) is 0 Å². The molecule has 9 nitrogen and oxygen atoms in total. The zero-order valence-corrected chi connectivity index (χ0v) is 14.3. The Kier molecular flexibility index (Phi) is 4.90. The molecule has 10 heteroatoms. The van der Waals surface area contributed by atoms with Crippen molar-refractivity contribution in [2.75, 3.05) is 32.5 Å². The van der Waals surface area contributed by atoms with Crippen molar-refractivity contribution >= 4 is 33.6 Å². The second-order valence-electron chi connectivity index (χ2n) is 5.35. The average molecular weight is 354 g/mol. The molecule has 0 bridgehead atoms. The molecule has 1 aliphatic rings. The fourth-order valence-electron chi connectivity index (χ4n) is 2.25. The third-order valence-electron chi connectivity index (χ3n) is 3.56. The van der Waals surface area contributed by atoms with Crippen LogP contribution >= 0.6 is 0 Å². The number of rotatable bonds is 5. The number of amides is 4. The van der Waals surface area contributed by atoms with Crippen LogP contribution in [0, 0.1) is 6.92 Å². The highest BCUT2D eigenvalue weighted by atomic mass is 32.2. The number of carbonyl (C=O) groups is 3. The molecule has 1 heterocycles. The minimum atomic E-state index is -3.66. The Bertz CT molecular complexity index is 805. The summed E-state index contributed by atoms with van der Waals surface area (Å²) in [4.78, 5) is 37.5.